The summed E-state index contributed by atoms with van der Waals surface area (Å²) in [5.74, 6) is -0.359. The Morgan fingerprint density at radius 2 is 1.79 bits per heavy atom. The van der Waals surface area contributed by atoms with Crippen LogP contribution in [-0.4, -0.2) is 25.5 Å². The smallest absolute Gasteiger partial charge is 0.226 e. The first-order chi connectivity index (χ1) is 11.5. The van der Waals surface area contributed by atoms with E-state index in [2.05, 4.69) is 5.32 Å². The van der Waals surface area contributed by atoms with Crippen molar-refractivity contribution in [3.63, 3.8) is 0 Å². The molecule has 5 nitrogen and oxygen atoms in total. The van der Waals surface area contributed by atoms with E-state index in [1.165, 1.54) is 24.0 Å². The molecule has 2 aromatic carbocycles. The van der Waals surface area contributed by atoms with Crippen LogP contribution in [0, 0.1) is 5.82 Å². The Labute approximate surface area is 140 Å². The van der Waals surface area contributed by atoms with Crippen LogP contribution in [0.15, 0.2) is 48.5 Å². The molecule has 126 valence electrons. The highest BCUT2D eigenvalue weighted by atomic mass is 19.1. The number of carbonyl (C=O) groups excluding carboxylic acids is 2. The van der Waals surface area contributed by atoms with Gasteiger partial charge in [0.1, 0.15) is 11.6 Å². The SMILES string of the molecule is COc1ccc(N(CCC(=O)Nc2ccccc2F)C(C)=O)cc1. The van der Waals surface area contributed by atoms with Crippen molar-refractivity contribution >= 4 is 23.2 Å². The first kappa shape index (κ1) is 17.5. The van der Waals surface area contributed by atoms with Gasteiger partial charge in [-0.05, 0) is 36.4 Å². The second-order valence-corrected chi connectivity index (χ2v) is 5.15. The van der Waals surface area contributed by atoms with Crippen molar-refractivity contribution in [2.24, 2.45) is 0 Å². The molecule has 0 aliphatic carbocycles. The van der Waals surface area contributed by atoms with Crippen LogP contribution in [-0.2, 0) is 9.59 Å². The zero-order valence-corrected chi connectivity index (χ0v) is 13.6. The number of nitrogens with one attached hydrogen (secondary N) is 1. The van der Waals surface area contributed by atoms with E-state index in [1.807, 2.05) is 0 Å². The summed E-state index contributed by atoms with van der Waals surface area (Å²) in [6, 6.07) is 12.9. The lowest BCUT2D eigenvalue weighted by atomic mass is 10.2. The highest BCUT2D eigenvalue weighted by Crippen LogP contribution is 2.20. The van der Waals surface area contributed by atoms with Crippen LogP contribution in [0.2, 0.25) is 0 Å². The highest BCUT2D eigenvalue weighted by molar-refractivity contribution is 5.94. The lowest BCUT2D eigenvalue weighted by Crippen LogP contribution is -2.32. The van der Waals surface area contributed by atoms with Gasteiger partial charge in [0.05, 0.1) is 12.8 Å². The van der Waals surface area contributed by atoms with Gasteiger partial charge in [-0.3, -0.25) is 9.59 Å². The van der Waals surface area contributed by atoms with E-state index in [-0.39, 0.29) is 30.5 Å². The number of para-hydroxylation sites is 1. The van der Waals surface area contributed by atoms with Crippen molar-refractivity contribution in [2.75, 3.05) is 23.9 Å². The molecule has 0 unspecified atom stereocenters. The first-order valence-electron chi connectivity index (χ1n) is 7.48. The molecule has 0 spiro atoms. The van der Waals surface area contributed by atoms with Crippen LogP contribution in [0.1, 0.15) is 13.3 Å². The van der Waals surface area contributed by atoms with Crippen molar-refractivity contribution in [2.45, 2.75) is 13.3 Å². The summed E-state index contributed by atoms with van der Waals surface area (Å²) in [4.78, 5) is 25.3. The zero-order valence-electron chi connectivity index (χ0n) is 13.6. The molecule has 2 rings (SSSR count). The van der Waals surface area contributed by atoms with Gasteiger partial charge >= 0.3 is 0 Å². The molecule has 24 heavy (non-hydrogen) atoms. The Balaban J connectivity index is 1.99. The minimum absolute atomic E-state index is 0.0555. The minimum atomic E-state index is -0.496. The fraction of sp³-hybridized carbons (Fsp3) is 0.222. The first-order valence-corrected chi connectivity index (χ1v) is 7.48. The predicted octanol–water partition coefficient (Wildman–Crippen LogP) is 3.22. The molecule has 2 aromatic rings. The average molecular weight is 330 g/mol. The molecule has 0 saturated carbocycles. The zero-order chi connectivity index (χ0) is 17.5. The van der Waals surface area contributed by atoms with Gasteiger partial charge in [0, 0.05) is 25.6 Å². The monoisotopic (exact) mass is 330 g/mol. The number of amides is 2. The molecule has 2 amide bonds. The number of hydrogen-bond acceptors (Lipinski definition) is 3. The maximum Gasteiger partial charge on any atom is 0.226 e. The van der Waals surface area contributed by atoms with Crippen LogP contribution in [0.5, 0.6) is 5.75 Å². The number of rotatable bonds is 6. The highest BCUT2D eigenvalue weighted by Gasteiger charge is 2.14. The average Bonchev–Trinajstić information content (AvgIpc) is 2.57. The lowest BCUT2D eigenvalue weighted by molar-refractivity contribution is -0.117. The number of halogens is 1. The number of hydrogen-bond donors (Lipinski definition) is 1. The largest absolute Gasteiger partial charge is 0.497 e. The van der Waals surface area contributed by atoms with Crippen LogP contribution in [0.4, 0.5) is 15.8 Å². The molecule has 6 heteroatoms. The predicted molar refractivity (Wildman–Crippen MR) is 90.7 cm³/mol. The van der Waals surface area contributed by atoms with E-state index in [9.17, 15) is 14.0 Å². The molecular formula is C18H19FN2O3. The second-order valence-electron chi connectivity index (χ2n) is 5.15. The van der Waals surface area contributed by atoms with E-state index in [0.29, 0.717) is 11.4 Å². The molecule has 0 aromatic heterocycles. The molecule has 0 bridgehead atoms. The minimum Gasteiger partial charge on any atom is -0.497 e. The molecule has 0 aliphatic heterocycles. The summed E-state index contributed by atoms with van der Waals surface area (Å²) in [5.41, 5.74) is 0.795. The molecule has 0 fully saturated rings. The molecule has 0 saturated heterocycles. The summed E-state index contributed by atoms with van der Waals surface area (Å²) >= 11 is 0. The van der Waals surface area contributed by atoms with E-state index >= 15 is 0 Å². The molecule has 0 heterocycles. The van der Waals surface area contributed by atoms with Crippen LogP contribution in [0.25, 0.3) is 0 Å². The van der Waals surface area contributed by atoms with Gasteiger partial charge < -0.3 is 15.0 Å². The Kier molecular flexibility index (Phi) is 5.89. The quantitative estimate of drug-likeness (QED) is 0.885. The second kappa shape index (κ2) is 8.10. The summed E-state index contributed by atoms with van der Waals surface area (Å²) < 4.78 is 18.6. The van der Waals surface area contributed by atoms with Crippen molar-refractivity contribution in [3.05, 3.63) is 54.3 Å². The number of carbonyl (C=O) groups is 2. The molecular weight excluding hydrogens is 311 g/mol. The van der Waals surface area contributed by atoms with Crippen molar-refractivity contribution in [3.8, 4) is 5.75 Å². The van der Waals surface area contributed by atoms with E-state index in [1.54, 1.807) is 43.5 Å². The van der Waals surface area contributed by atoms with Gasteiger partial charge in [0.2, 0.25) is 11.8 Å². The van der Waals surface area contributed by atoms with Gasteiger partial charge in [-0.1, -0.05) is 12.1 Å². The summed E-state index contributed by atoms with van der Waals surface area (Å²) in [6.07, 6.45) is 0.0555. The van der Waals surface area contributed by atoms with Crippen LogP contribution >= 0.6 is 0 Å². The van der Waals surface area contributed by atoms with Crippen LogP contribution in [0.3, 0.4) is 0 Å². The maximum absolute atomic E-state index is 13.5. The van der Waals surface area contributed by atoms with Crippen LogP contribution < -0.4 is 15.0 Å². The topological polar surface area (TPSA) is 58.6 Å². The third-order valence-corrected chi connectivity index (χ3v) is 3.47. The maximum atomic E-state index is 13.5. The van der Waals surface area contributed by atoms with Crippen molar-refractivity contribution in [1.29, 1.82) is 0 Å². The third-order valence-electron chi connectivity index (χ3n) is 3.47. The fourth-order valence-electron chi connectivity index (χ4n) is 2.22. The van der Waals surface area contributed by atoms with Crippen molar-refractivity contribution in [1.82, 2.24) is 0 Å². The van der Waals surface area contributed by atoms with Gasteiger partial charge in [-0.25, -0.2) is 4.39 Å². The Hall–Kier alpha value is -2.89. The molecule has 0 atom stereocenters. The van der Waals surface area contributed by atoms with Crippen molar-refractivity contribution < 1.29 is 18.7 Å². The number of methoxy groups -OCH3 is 1. The van der Waals surface area contributed by atoms with Gasteiger partial charge in [0.25, 0.3) is 0 Å². The Morgan fingerprint density at radius 1 is 1.12 bits per heavy atom. The molecule has 0 aliphatic rings. The van der Waals surface area contributed by atoms with Gasteiger partial charge in [0.15, 0.2) is 0 Å². The Morgan fingerprint density at radius 3 is 2.38 bits per heavy atom. The molecule has 0 radical (unpaired) electrons. The van der Waals surface area contributed by atoms with Gasteiger partial charge in [-0.15, -0.1) is 0 Å². The normalized spacial score (nSPS) is 10.1. The van der Waals surface area contributed by atoms with Gasteiger partial charge in [-0.2, -0.15) is 0 Å². The number of anilines is 2. The third kappa shape index (κ3) is 4.55. The Bertz CT molecular complexity index is 716. The van der Waals surface area contributed by atoms with E-state index in [4.69, 9.17) is 4.74 Å². The summed E-state index contributed by atoms with van der Waals surface area (Å²) in [5, 5.41) is 2.50. The standard InChI is InChI=1S/C18H19FN2O3/c1-13(22)21(14-7-9-15(24-2)10-8-14)12-11-18(23)20-17-6-4-3-5-16(17)19/h3-10H,11-12H2,1-2H3,(H,20,23). The lowest BCUT2D eigenvalue weighted by Gasteiger charge is -2.21. The number of ether oxygens (including phenoxy) is 1. The fourth-order valence-corrected chi connectivity index (χ4v) is 2.22. The number of nitrogens with zero attached hydrogens (tertiary/aromatic N) is 1. The molecule has 1 N–H and O–H groups in total. The summed E-state index contributed by atoms with van der Waals surface area (Å²) in [7, 11) is 1.56. The number of benzene rings is 2. The van der Waals surface area contributed by atoms with E-state index in [0.717, 1.165) is 0 Å². The van der Waals surface area contributed by atoms with E-state index < -0.39 is 5.82 Å². The summed E-state index contributed by atoms with van der Waals surface area (Å²) in [6.45, 7) is 1.63.